The Bertz CT molecular complexity index is 199. The van der Waals surface area contributed by atoms with Gasteiger partial charge in [0.15, 0.2) is 0 Å². The zero-order chi connectivity index (χ0) is 8.93. The minimum Gasteiger partial charge on any atom is -0.393 e. The number of ether oxygens (including phenoxy) is 1. The molecule has 0 aromatic heterocycles. The van der Waals surface area contributed by atoms with Crippen molar-refractivity contribution in [2.45, 2.75) is 42.2 Å². The summed E-state index contributed by atoms with van der Waals surface area (Å²) in [5, 5.41) is 19.4. The molecule has 2 aliphatic rings. The summed E-state index contributed by atoms with van der Waals surface area (Å²) in [6.07, 6.45) is -0.439. The lowest BCUT2D eigenvalue weighted by Gasteiger charge is -2.33. The van der Waals surface area contributed by atoms with Crippen molar-refractivity contribution in [2.75, 3.05) is 6.61 Å². The van der Waals surface area contributed by atoms with Gasteiger partial charge in [-0.15, -0.1) is 11.8 Å². The van der Waals surface area contributed by atoms with E-state index in [1.807, 2.05) is 13.8 Å². The van der Waals surface area contributed by atoms with Crippen LogP contribution in [0.15, 0.2) is 0 Å². The van der Waals surface area contributed by atoms with Gasteiger partial charge in [-0.1, -0.05) is 6.92 Å². The summed E-state index contributed by atoms with van der Waals surface area (Å²) in [4.78, 5) is 0. The van der Waals surface area contributed by atoms with E-state index < -0.39 is 11.7 Å². The predicted octanol–water partition coefficient (Wildman–Crippen LogP) is 0.00100. The van der Waals surface area contributed by atoms with E-state index in [0.717, 1.165) is 0 Å². The number of aliphatic hydroxyl groups is 2. The molecule has 2 fully saturated rings. The van der Waals surface area contributed by atoms with Gasteiger partial charge in [0.1, 0.15) is 11.7 Å². The van der Waals surface area contributed by atoms with E-state index in [4.69, 9.17) is 4.74 Å². The second-order valence-corrected chi connectivity index (χ2v) is 5.15. The minimum atomic E-state index is -0.686. The molecule has 0 aromatic carbocycles. The van der Waals surface area contributed by atoms with Crippen LogP contribution in [0, 0.1) is 0 Å². The molecule has 0 radical (unpaired) electrons. The third-order valence-electron chi connectivity index (χ3n) is 2.98. The van der Waals surface area contributed by atoms with Crippen molar-refractivity contribution >= 4 is 11.8 Å². The molecule has 2 bridgehead atoms. The van der Waals surface area contributed by atoms with Crippen LogP contribution in [-0.2, 0) is 4.74 Å². The first kappa shape index (κ1) is 8.81. The van der Waals surface area contributed by atoms with Crippen LogP contribution in [0.4, 0.5) is 0 Å². The second kappa shape index (κ2) is 2.61. The molecule has 12 heavy (non-hydrogen) atoms. The number of hydrogen-bond acceptors (Lipinski definition) is 4. The lowest BCUT2D eigenvalue weighted by molar-refractivity contribution is -0.105. The van der Waals surface area contributed by atoms with Crippen LogP contribution in [-0.4, -0.2) is 45.1 Å². The number of aliphatic hydroxyl groups excluding tert-OH is 2. The average Bonchev–Trinajstić information content (AvgIpc) is 2.41. The highest BCUT2D eigenvalue weighted by molar-refractivity contribution is 8.01. The molecule has 0 saturated carbocycles. The third-order valence-corrected chi connectivity index (χ3v) is 4.74. The molecule has 0 aliphatic carbocycles. The maximum atomic E-state index is 9.81. The maximum absolute atomic E-state index is 9.81. The normalized spacial score (nSPS) is 58.0. The van der Waals surface area contributed by atoms with Crippen LogP contribution in [0.1, 0.15) is 13.8 Å². The molecule has 2 aliphatic heterocycles. The van der Waals surface area contributed by atoms with Crippen LogP contribution in [0.2, 0.25) is 0 Å². The Balaban J connectivity index is 2.30. The fourth-order valence-electron chi connectivity index (χ4n) is 2.15. The largest absolute Gasteiger partial charge is 0.393 e. The standard InChI is InChI=1S/C8H14O3S/c1-4-6-7(10)8(3-9,11-4)5(2)12-6/h4-7,9-10H,3H2,1-2H3/t4-,5+,6-,7-,8-/m0/s1. The summed E-state index contributed by atoms with van der Waals surface area (Å²) in [6.45, 7) is 3.86. The third kappa shape index (κ3) is 0.839. The maximum Gasteiger partial charge on any atom is 0.130 e. The van der Waals surface area contributed by atoms with Crippen LogP contribution in [0.3, 0.4) is 0 Å². The highest BCUT2D eigenvalue weighted by atomic mass is 32.2. The summed E-state index contributed by atoms with van der Waals surface area (Å²) in [5.41, 5.74) is -0.686. The first-order chi connectivity index (χ1) is 5.62. The van der Waals surface area contributed by atoms with E-state index >= 15 is 0 Å². The molecule has 0 spiro atoms. The molecule has 2 heterocycles. The second-order valence-electron chi connectivity index (χ2n) is 3.62. The van der Waals surface area contributed by atoms with Crippen LogP contribution in [0.5, 0.6) is 0 Å². The molecule has 2 rings (SSSR count). The van der Waals surface area contributed by atoms with Crippen LogP contribution < -0.4 is 0 Å². The van der Waals surface area contributed by atoms with E-state index in [0.29, 0.717) is 0 Å². The van der Waals surface area contributed by atoms with Crippen molar-refractivity contribution in [1.82, 2.24) is 0 Å². The van der Waals surface area contributed by atoms with Gasteiger partial charge >= 0.3 is 0 Å². The number of hydrogen-bond donors (Lipinski definition) is 2. The molecule has 70 valence electrons. The fraction of sp³-hybridized carbons (Fsp3) is 1.00. The molecule has 4 heteroatoms. The van der Waals surface area contributed by atoms with E-state index in [-0.39, 0.29) is 23.2 Å². The summed E-state index contributed by atoms with van der Waals surface area (Å²) >= 11 is 1.72. The first-order valence-electron chi connectivity index (χ1n) is 4.24. The van der Waals surface area contributed by atoms with Gasteiger partial charge in [-0.05, 0) is 6.92 Å². The Labute approximate surface area is 76.1 Å². The lowest BCUT2D eigenvalue weighted by atomic mass is 9.94. The highest BCUT2D eigenvalue weighted by Crippen LogP contribution is 2.51. The number of fused-ring (bicyclic) bond motifs is 2. The quantitative estimate of drug-likeness (QED) is 0.611. The molecule has 0 amide bonds. The zero-order valence-corrected chi connectivity index (χ0v) is 8.04. The van der Waals surface area contributed by atoms with Crippen molar-refractivity contribution in [2.24, 2.45) is 0 Å². The molecule has 2 saturated heterocycles. The first-order valence-corrected chi connectivity index (χ1v) is 5.18. The van der Waals surface area contributed by atoms with Crippen LogP contribution in [0.25, 0.3) is 0 Å². The molecular weight excluding hydrogens is 176 g/mol. The Morgan fingerprint density at radius 1 is 1.50 bits per heavy atom. The zero-order valence-electron chi connectivity index (χ0n) is 7.23. The summed E-state index contributed by atoms with van der Waals surface area (Å²) in [6, 6.07) is 0. The van der Waals surface area contributed by atoms with Crippen LogP contribution >= 0.6 is 11.8 Å². The van der Waals surface area contributed by atoms with Gasteiger partial charge < -0.3 is 14.9 Å². The van der Waals surface area contributed by atoms with E-state index in [2.05, 4.69) is 0 Å². The Hall–Kier alpha value is 0.230. The number of rotatable bonds is 1. The van der Waals surface area contributed by atoms with Crippen molar-refractivity contribution in [3.63, 3.8) is 0 Å². The van der Waals surface area contributed by atoms with Gasteiger partial charge in [0.2, 0.25) is 0 Å². The topological polar surface area (TPSA) is 49.7 Å². The predicted molar refractivity (Wildman–Crippen MR) is 47.2 cm³/mol. The fourth-order valence-corrected chi connectivity index (χ4v) is 3.78. The molecule has 0 aromatic rings. The van der Waals surface area contributed by atoms with Gasteiger partial charge in [0.05, 0.1) is 18.0 Å². The Morgan fingerprint density at radius 2 is 2.17 bits per heavy atom. The minimum absolute atomic E-state index is 0.0633. The Kier molecular flexibility index (Phi) is 1.91. The van der Waals surface area contributed by atoms with Gasteiger partial charge in [-0.3, -0.25) is 0 Å². The molecule has 0 unspecified atom stereocenters. The molecule has 2 N–H and O–H groups in total. The Morgan fingerprint density at radius 3 is 2.50 bits per heavy atom. The van der Waals surface area contributed by atoms with Crippen molar-refractivity contribution < 1.29 is 14.9 Å². The molecule has 5 atom stereocenters. The number of thioether (sulfide) groups is 1. The van der Waals surface area contributed by atoms with Crippen molar-refractivity contribution in [3.05, 3.63) is 0 Å². The van der Waals surface area contributed by atoms with Crippen molar-refractivity contribution in [1.29, 1.82) is 0 Å². The lowest BCUT2D eigenvalue weighted by Crippen LogP contribution is -2.48. The monoisotopic (exact) mass is 190 g/mol. The van der Waals surface area contributed by atoms with Gasteiger partial charge in [0.25, 0.3) is 0 Å². The summed E-state index contributed by atoms with van der Waals surface area (Å²) < 4.78 is 5.60. The molecule has 3 nitrogen and oxygen atoms in total. The SMILES string of the molecule is C[C@@H]1O[C@@]2(CO)[C@@H](C)S[C@@H]1[C@@H]2O. The average molecular weight is 190 g/mol. The van der Waals surface area contributed by atoms with E-state index in [1.54, 1.807) is 11.8 Å². The van der Waals surface area contributed by atoms with E-state index in [9.17, 15) is 10.2 Å². The van der Waals surface area contributed by atoms with Crippen molar-refractivity contribution in [3.8, 4) is 0 Å². The summed E-state index contributed by atoms with van der Waals surface area (Å²) in [7, 11) is 0. The molecular formula is C8H14O3S. The van der Waals surface area contributed by atoms with Gasteiger partial charge in [0, 0.05) is 5.25 Å². The van der Waals surface area contributed by atoms with Gasteiger partial charge in [-0.2, -0.15) is 0 Å². The highest BCUT2D eigenvalue weighted by Gasteiger charge is 2.62. The van der Waals surface area contributed by atoms with Gasteiger partial charge in [-0.25, -0.2) is 0 Å². The van der Waals surface area contributed by atoms with E-state index in [1.165, 1.54) is 0 Å². The summed E-state index contributed by atoms with van der Waals surface area (Å²) in [5.74, 6) is 0. The smallest absolute Gasteiger partial charge is 0.130 e.